The van der Waals surface area contributed by atoms with Gasteiger partial charge >= 0.3 is 10.1 Å². The molecule has 2 aliphatic heterocycles. The van der Waals surface area contributed by atoms with Crippen LogP contribution in [-0.4, -0.2) is 47.0 Å². The molecule has 2 aliphatic rings. The Morgan fingerprint density at radius 2 is 1.74 bits per heavy atom. The highest BCUT2D eigenvalue weighted by Crippen LogP contribution is 2.39. The van der Waals surface area contributed by atoms with Gasteiger partial charge in [0.1, 0.15) is 10.6 Å². The number of ether oxygens (including phenoxy) is 3. The van der Waals surface area contributed by atoms with Crippen LogP contribution in [0.5, 0.6) is 23.0 Å². The van der Waals surface area contributed by atoms with E-state index in [1.165, 1.54) is 6.08 Å². The molecule has 0 spiro atoms. The molecule has 0 fully saturated rings. The molecule has 31 heavy (non-hydrogen) atoms. The number of rotatable bonds is 6. The van der Waals surface area contributed by atoms with Crippen molar-refractivity contribution in [3.63, 3.8) is 0 Å². The van der Waals surface area contributed by atoms with Gasteiger partial charge in [-0.15, -0.1) is 0 Å². The molecule has 0 saturated heterocycles. The van der Waals surface area contributed by atoms with Crippen LogP contribution < -0.4 is 18.4 Å². The van der Waals surface area contributed by atoms with Crippen LogP contribution in [0.25, 0.3) is 0 Å². The van der Waals surface area contributed by atoms with Crippen molar-refractivity contribution in [1.29, 1.82) is 0 Å². The van der Waals surface area contributed by atoms with Crippen molar-refractivity contribution in [3.05, 3.63) is 65.2 Å². The van der Waals surface area contributed by atoms with Gasteiger partial charge in [0.15, 0.2) is 23.1 Å². The first-order chi connectivity index (χ1) is 15.0. The first kappa shape index (κ1) is 20.8. The summed E-state index contributed by atoms with van der Waals surface area (Å²) in [6, 6.07) is 10.5. The maximum absolute atomic E-state index is 12.8. The first-order valence-corrected chi connectivity index (χ1v) is 10.9. The molecule has 4 rings (SSSR count). The van der Waals surface area contributed by atoms with Gasteiger partial charge in [-0.05, 0) is 48.4 Å². The smallest absolute Gasteiger partial charge is 0.343 e. The molecule has 0 unspecified atom stereocenters. The minimum Gasteiger partial charge on any atom is -0.493 e. The molecule has 0 radical (unpaired) electrons. The first-order valence-electron chi connectivity index (χ1n) is 9.53. The Morgan fingerprint density at radius 3 is 2.42 bits per heavy atom. The second-order valence-corrected chi connectivity index (χ2v) is 8.30. The highest BCUT2D eigenvalue weighted by atomic mass is 32.2. The monoisotopic (exact) mass is 442 g/mol. The topological polar surface area (TPSA) is 86.7 Å². The summed E-state index contributed by atoms with van der Waals surface area (Å²) in [7, 11) is 0.681. The van der Waals surface area contributed by atoms with Crippen LogP contribution in [0.2, 0.25) is 0 Å². The van der Waals surface area contributed by atoms with E-state index >= 15 is 0 Å². The highest BCUT2D eigenvalue weighted by molar-refractivity contribution is 7.92. The van der Waals surface area contributed by atoms with Gasteiger partial charge in [-0.2, -0.15) is 8.42 Å². The van der Waals surface area contributed by atoms with E-state index in [9.17, 15) is 8.42 Å². The second-order valence-electron chi connectivity index (χ2n) is 6.79. The summed E-state index contributed by atoms with van der Waals surface area (Å²) in [6.07, 6.45) is 5.54. The van der Waals surface area contributed by atoms with Gasteiger partial charge in [-0.25, -0.2) is 4.99 Å². The SMILES string of the molecule is COc1cc(CCN2C=CC=C3C2=Nc2ccccc2OS3(=O)=O)cc(OC)c1OC. The molecule has 8 nitrogen and oxygen atoms in total. The zero-order chi connectivity index (χ0) is 22.0. The van der Waals surface area contributed by atoms with Crippen LogP contribution in [0.3, 0.4) is 0 Å². The van der Waals surface area contributed by atoms with Gasteiger partial charge in [-0.1, -0.05) is 12.1 Å². The van der Waals surface area contributed by atoms with E-state index in [2.05, 4.69) is 4.99 Å². The summed E-state index contributed by atoms with van der Waals surface area (Å²) in [5, 5.41) is 0. The molecule has 9 heteroatoms. The van der Waals surface area contributed by atoms with E-state index in [4.69, 9.17) is 18.4 Å². The van der Waals surface area contributed by atoms with Crippen LogP contribution in [0.4, 0.5) is 5.69 Å². The van der Waals surface area contributed by atoms with Crippen LogP contribution in [0.15, 0.2) is 64.6 Å². The lowest BCUT2D eigenvalue weighted by molar-refractivity contribution is 0.323. The molecule has 0 amide bonds. The zero-order valence-electron chi connectivity index (χ0n) is 17.4. The van der Waals surface area contributed by atoms with Crippen LogP contribution in [-0.2, 0) is 16.5 Å². The molecule has 0 aliphatic carbocycles. The fourth-order valence-corrected chi connectivity index (χ4v) is 4.54. The Morgan fingerprint density at radius 1 is 1.03 bits per heavy atom. The lowest BCUT2D eigenvalue weighted by atomic mass is 10.1. The largest absolute Gasteiger partial charge is 0.493 e. The van der Waals surface area contributed by atoms with Gasteiger partial charge in [0, 0.05) is 12.7 Å². The maximum Gasteiger partial charge on any atom is 0.343 e. The van der Waals surface area contributed by atoms with Crippen molar-refractivity contribution in [2.45, 2.75) is 6.42 Å². The van der Waals surface area contributed by atoms with Crippen LogP contribution in [0.1, 0.15) is 5.56 Å². The van der Waals surface area contributed by atoms with Crippen molar-refractivity contribution in [1.82, 2.24) is 4.90 Å². The third kappa shape index (κ3) is 3.96. The molecule has 0 bridgehead atoms. The number of para-hydroxylation sites is 2. The number of hydrogen-bond acceptors (Lipinski definition) is 8. The predicted molar refractivity (Wildman–Crippen MR) is 117 cm³/mol. The van der Waals surface area contributed by atoms with Crippen molar-refractivity contribution in [2.75, 3.05) is 27.9 Å². The van der Waals surface area contributed by atoms with E-state index in [0.29, 0.717) is 41.7 Å². The maximum atomic E-state index is 12.8. The van der Waals surface area contributed by atoms with Gasteiger partial charge in [-0.3, -0.25) is 0 Å². The lowest BCUT2D eigenvalue weighted by Crippen LogP contribution is -2.34. The van der Waals surface area contributed by atoms with Crippen molar-refractivity contribution >= 4 is 21.6 Å². The van der Waals surface area contributed by atoms with E-state index in [1.807, 2.05) is 12.1 Å². The average molecular weight is 442 g/mol. The number of aliphatic imine (C=N–C) groups is 1. The highest BCUT2D eigenvalue weighted by Gasteiger charge is 2.33. The molecule has 2 aromatic rings. The Labute approximate surface area is 181 Å². The molecule has 0 N–H and O–H groups in total. The minimum atomic E-state index is -4.00. The molecule has 0 atom stereocenters. The minimum absolute atomic E-state index is 0.0242. The zero-order valence-corrected chi connectivity index (χ0v) is 18.2. The lowest BCUT2D eigenvalue weighted by Gasteiger charge is -2.25. The summed E-state index contributed by atoms with van der Waals surface area (Å²) in [4.78, 5) is 6.41. The third-order valence-corrected chi connectivity index (χ3v) is 6.19. The molecule has 0 aromatic heterocycles. The molecular weight excluding hydrogens is 420 g/mol. The predicted octanol–water partition coefficient (Wildman–Crippen LogP) is 3.42. The normalized spacial score (nSPS) is 16.2. The van der Waals surface area contributed by atoms with E-state index in [0.717, 1.165) is 5.56 Å². The van der Waals surface area contributed by atoms with E-state index in [1.54, 1.807) is 62.8 Å². The van der Waals surface area contributed by atoms with Gasteiger partial charge in [0.2, 0.25) is 5.75 Å². The molecule has 2 heterocycles. The van der Waals surface area contributed by atoms with Gasteiger partial charge in [0.25, 0.3) is 0 Å². The number of hydrogen-bond donors (Lipinski definition) is 0. The molecular formula is C22H22N2O6S. The third-order valence-electron chi connectivity index (χ3n) is 4.93. The standard InChI is InChI=1S/C22H22N2O6S/c1-27-18-13-15(14-19(28-2)21(18)29-3)10-12-24-11-6-9-20-22(24)23-16-7-4-5-8-17(16)30-31(20,25)26/h4-9,11,13-14H,10,12H2,1-3H3. The number of allylic oxidation sites excluding steroid dienone is 2. The molecule has 162 valence electrons. The van der Waals surface area contributed by atoms with Gasteiger partial charge < -0.3 is 23.3 Å². The Bertz CT molecular complexity index is 1180. The number of benzene rings is 2. The summed E-state index contributed by atoms with van der Waals surface area (Å²) in [5.74, 6) is 2.16. The Kier molecular flexibility index (Phi) is 5.60. The number of amidine groups is 1. The van der Waals surface area contributed by atoms with Crippen LogP contribution in [0, 0.1) is 0 Å². The Hall–Kier alpha value is -3.46. The average Bonchev–Trinajstić information content (AvgIpc) is 2.89. The number of nitrogens with zero attached hydrogens (tertiary/aromatic N) is 2. The van der Waals surface area contributed by atoms with Crippen molar-refractivity contribution in [2.24, 2.45) is 4.99 Å². The summed E-state index contributed by atoms with van der Waals surface area (Å²) < 4.78 is 47.1. The van der Waals surface area contributed by atoms with Gasteiger partial charge in [0.05, 0.1) is 21.3 Å². The second kappa shape index (κ2) is 8.35. The summed E-state index contributed by atoms with van der Waals surface area (Å²) in [6.45, 7) is 0.475. The Balaban J connectivity index is 1.65. The van der Waals surface area contributed by atoms with E-state index in [-0.39, 0.29) is 10.7 Å². The quantitative estimate of drug-likeness (QED) is 0.634. The van der Waals surface area contributed by atoms with Crippen molar-refractivity contribution in [3.8, 4) is 23.0 Å². The van der Waals surface area contributed by atoms with E-state index < -0.39 is 10.1 Å². The summed E-state index contributed by atoms with van der Waals surface area (Å²) in [5.41, 5.74) is 1.39. The number of fused-ring (bicyclic) bond motifs is 2. The van der Waals surface area contributed by atoms with Crippen molar-refractivity contribution < 1.29 is 26.8 Å². The summed E-state index contributed by atoms with van der Waals surface area (Å²) >= 11 is 0. The fourth-order valence-electron chi connectivity index (χ4n) is 3.44. The van der Waals surface area contributed by atoms with Crippen LogP contribution >= 0.6 is 0 Å². The number of methoxy groups -OCH3 is 3. The molecule has 2 aromatic carbocycles. The fraction of sp³-hybridized carbons (Fsp3) is 0.227. The molecule has 0 saturated carbocycles.